The third-order valence-electron chi connectivity index (χ3n) is 3.36. The zero-order valence-corrected chi connectivity index (χ0v) is 12.0. The Hall–Kier alpha value is -1.33. The quantitative estimate of drug-likeness (QED) is 0.835. The summed E-state index contributed by atoms with van der Waals surface area (Å²) in [4.78, 5) is 13.8. The van der Waals surface area contributed by atoms with E-state index in [-0.39, 0.29) is 16.9 Å². The van der Waals surface area contributed by atoms with E-state index in [0.29, 0.717) is 10.6 Å². The summed E-state index contributed by atoms with van der Waals surface area (Å²) in [5, 5.41) is 0.569. The number of hydrogen-bond acceptors (Lipinski definition) is 3. The number of nitrogens with zero attached hydrogens (tertiary/aromatic N) is 1. The molecule has 0 bridgehead atoms. The van der Waals surface area contributed by atoms with E-state index in [9.17, 15) is 4.79 Å². The van der Waals surface area contributed by atoms with Gasteiger partial charge in [0.15, 0.2) is 0 Å². The van der Waals surface area contributed by atoms with Gasteiger partial charge in [-0.25, -0.2) is 0 Å². The van der Waals surface area contributed by atoms with E-state index in [1.807, 2.05) is 11.0 Å². The molecule has 1 aliphatic heterocycles. The minimum Gasteiger partial charge on any atom is -0.389 e. The number of thiocarbonyl (C=S) groups is 1. The lowest BCUT2D eigenvalue weighted by Crippen LogP contribution is -2.48. The van der Waals surface area contributed by atoms with Gasteiger partial charge in [-0.1, -0.05) is 23.8 Å². The third kappa shape index (κ3) is 2.98. The van der Waals surface area contributed by atoms with E-state index < -0.39 is 0 Å². The molecule has 19 heavy (non-hydrogen) atoms. The molecule has 1 amide bonds. The van der Waals surface area contributed by atoms with Crippen LogP contribution in [0.3, 0.4) is 0 Å². The summed E-state index contributed by atoms with van der Waals surface area (Å²) in [5.41, 5.74) is 12.7. The molecule has 102 valence electrons. The minimum absolute atomic E-state index is 0.270. The number of carbonyl (C=O) groups excluding carboxylic acids is 1. The molecule has 6 heteroatoms. The lowest BCUT2D eigenvalue weighted by Gasteiger charge is -2.36. The normalized spacial score (nSPS) is 19.2. The smallest absolute Gasteiger partial charge is 0.240 e. The molecule has 1 saturated heterocycles. The molecule has 0 aromatic heterocycles. The number of nitrogens with two attached hydrogens (primary N) is 2. The van der Waals surface area contributed by atoms with Crippen LogP contribution in [0.2, 0.25) is 5.02 Å². The van der Waals surface area contributed by atoms with Crippen molar-refractivity contribution in [3.8, 4) is 0 Å². The number of rotatable bonds is 3. The summed E-state index contributed by atoms with van der Waals surface area (Å²) in [6.45, 7) is 0.769. The number of piperidine rings is 1. The van der Waals surface area contributed by atoms with Crippen LogP contribution in [-0.2, 0) is 4.79 Å². The molecular weight excluding hydrogens is 282 g/mol. The Bertz CT molecular complexity index is 521. The first-order valence-electron chi connectivity index (χ1n) is 6.16. The van der Waals surface area contributed by atoms with E-state index >= 15 is 0 Å². The first-order chi connectivity index (χ1) is 9.00. The standard InChI is InChI=1S/C13H16ClN3OS/c14-8-4-5-10(9(7-8)13(16)19)17-6-2-1-3-11(17)12(15)18/h4-5,7,11H,1-3,6H2,(H2,15,18)(H2,16,19). The van der Waals surface area contributed by atoms with Gasteiger partial charge >= 0.3 is 0 Å². The van der Waals surface area contributed by atoms with Gasteiger partial charge in [0.25, 0.3) is 0 Å². The highest BCUT2D eigenvalue weighted by atomic mass is 35.5. The van der Waals surface area contributed by atoms with Crippen LogP contribution in [0.5, 0.6) is 0 Å². The molecule has 0 saturated carbocycles. The van der Waals surface area contributed by atoms with Crippen LogP contribution in [-0.4, -0.2) is 23.5 Å². The molecule has 0 aliphatic carbocycles. The van der Waals surface area contributed by atoms with Crippen molar-refractivity contribution in [3.05, 3.63) is 28.8 Å². The van der Waals surface area contributed by atoms with Crippen LogP contribution < -0.4 is 16.4 Å². The third-order valence-corrected chi connectivity index (χ3v) is 3.82. The first kappa shape index (κ1) is 14.1. The monoisotopic (exact) mass is 297 g/mol. The predicted octanol–water partition coefficient (Wildman–Crippen LogP) is 1.82. The van der Waals surface area contributed by atoms with Crippen LogP contribution in [0.1, 0.15) is 24.8 Å². The summed E-state index contributed by atoms with van der Waals surface area (Å²) >= 11 is 11.0. The molecule has 1 fully saturated rings. The second-order valence-corrected chi connectivity index (χ2v) is 5.51. The predicted molar refractivity (Wildman–Crippen MR) is 81.5 cm³/mol. The van der Waals surface area contributed by atoms with Gasteiger partial charge in [-0.15, -0.1) is 0 Å². The number of hydrogen-bond donors (Lipinski definition) is 2. The fraction of sp³-hybridized carbons (Fsp3) is 0.385. The summed E-state index contributed by atoms with van der Waals surface area (Å²) in [6, 6.07) is 5.04. The molecular formula is C13H16ClN3OS. The van der Waals surface area contributed by atoms with Gasteiger partial charge in [0.1, 0.15) is 11.0 Å². The molecule has 1 heterocycles. The second kappa shape index (κ2) is 5.75. The highest BCUT2D eigenvalue weighted by Gasteiger charge is 2.28. The van der Waals surface area contributed by atoms with E-state index in [1.54, 1.807) is 12.1 Å². The fourth-order valence-electron chi connectivity index (χ4n) is 2.47. The minimum atomic E-state index is -0.316. The van der Waals surface area contributed by atoms with Gasteiger partial charge in [0.2, 0.25) is 5.91 Å². The number of halogens is 1. The van der Waals surface area contributed by atoms with Crippen LogP contribution in [0, 0.1) is 0 Å². The van der Waals surface area contributed by atoms with E-state index in [1.165, 1.54) is 0 Å². The first-order valence-corrected chi connectivity index (χ1v) is 6.94. The number of amides is 1. The molecule has 1 aromatic carbocycles. The Kier molecular flexibility index (Phi) is 4.27. The lowest BCUT2D eigenvalue weighted by molar-refractivity contribution is -0.119. The maximum absolute atomic E-state index is 11.6. The highest BCUT2D eigenvalue weighted by molar-refractivity contribution is 7.80. The van der Waals surface area contributed by atoms with Crippen molar-refractivity contribution in [2.75, 3.05) is 11.4 Å². The van der Waals surface area contributed by atoms with E-state index in [0.717, 1.165) is 31.5 Å². The van der Waals surface area contributed by atoms with Crippen molar-refractivity contribution in [2.24, 2.45) is 11.5 Å². The van der Waals surface area contributed by atoms with Crippen LogP contribution >= 0.6 is 23.8 Å². The van der Waals surface area contributed by atoms with Gasteiger partial charge in [0, 0.05) is 22.8 Å². The Balaban J connectivity index is 2.44. The topological polar surface area (TPSA) is 72.4 Å². The summed E-state index contributed by atoms with van der Waals surface area (Å²) < 4.78 is 0. The molecule has 1 aromatic rings. The van der Waals surface area contributed by atoms with Crippen molar-refractivity contribution in [3.63, 3.8) is 0 Å². The average Bonchev–Trinajstić information content (AvgIpc) is 2.38. The van der Waals surface area contributed by atoms with Gasteiger partial charge < -0.3 is 16.4 Å². The number of anilines is 1. The van der Waals surface area contributed by atoms with Crippen molar-refractivity contribution in [1.82, 2.24) is 0 Å². The summed E-state index contributed by atoms with van der Waals surface area (Å²) in [7, 11) is 0. The number of benzene rings is 1. The highest BCUT2D eigenvalue weighted by Crippen LogP contribution is 2.30. The van der Waals surface area contributed by atoms with Crippen molar-refractivity contribution < 1.29 is 4.79 Å². The van der Waals surface area contributed by atoms with Gasteiger partial charge in [0.05, 0.1) is 0 Å². The average molecular weight is 298 g/mol. The van der Waals surface area contributed by atoms with Gasteiger partial charge in [-0.2, -0.15) is 0 Å². The Morgan fingerprint density at radius 1 is 1.37 bits per heavy atom. The molecule has 1 aliphatic rings. The molecule has 2 rings (SSSR count). The zero-order chi connectivity index (χ0) is 14.0. The fourth-order valence-corrected chi connectivity index (χ4v) is 2.81. The molecule has 4 nitrogen and oxygen atoms in total. The van der Waals surface area contributed by atoms with E-state index in [4.69, 9.17) is 35.3 Å². The molecule has 0 radical (unpaired) electrons. The molecule has 1 unspecified atom stereocenters. The van der Waals surface area contributed by atoms with Crippen LogP contribution in [0.25, 0.3) is 0 Å². The van der Waals surface area contributed by atoms with Crippen molar-refractivity contribution in [1.29, 1.82) is 0 Å². The maximum atomic E-state index is 11.6. The van der Waals surface area contributed by atoms with Crippen molar-refractivity contribution >= 4 is 40.4 Å². The largest absolute Gasteiger partial charge is 0.389 e. The summed E-state index contributed by atoms with van der Waals surface area (Å²) in [5.74, 6) is -0.316. The SMILES string of the molecule is NC(=O)C1CCCCN1c1ccc(Cl)cc1C(N)=S. The number of primary amides is 1. The molecule has 1 atom stereocenters. The second-order valence-electron chi connectivity index (χ2n) is 4.63. The lowest BCUT2D eigenvalue weighted by atomic mass is 9.99. The van der Waals surface area contributed by atoms with Crippen molar-refractivity contribution in [2.45, 2.75) is 25.3 Å². The zero-order valence-electron chi connectivity index (χ0n) is 10.4. The number of carbonyl (C=O) groups is 1. The van der Waals surface area contributed by atoms with Gasteiger partial charge in [-0.3, -0.25) is 4.79 Å². The Morgan fingerprint density at radius 2 is 2.11 bits per heavy atom. The van der Waals surface area contributed by atoms with Crippen LogP contribution in [0.15, 0.2) is 18.2 Å². The maximum Gasteiger partial charge on any atom is 0.240 e. The Morgan fingerprint density at radius 3 is 2.74 bits per heavy atom. The van der Waals surface area contributed by atoms with Gasteiger partial charge in [-0.05, 0) is 37.5 Å². The Labute approximate surface area is 122 Å². The molecule has 4 N–H and O–H groups in total. The molecule has 0 spiro atoms. The summed E-state index contributed by atoms with van der Waals surface area (Å²) in [6.07, 6.45) is 2.78. The van der Waals surface area contributed by atoms with E-state index in [2.05, 4.69) is 0 Å². The van der Waals surface area contributed by atoms with Crippen LogP contribution in [0.4, 0.5) is 5.69 Å².